The highest BCUT2D eigenvalue weighted by molar-refractivity contribution is 6.31. The molecule has 1 N–H and O–H groups in total. The van der Waals surface area contributed by atoms with E-state index in [9.17, 15) is 9.59 Å². The summed E-state index contributed by atoms with van der Waals surface area (Å²) in [6.45, 7) is 1.82. The molecule has 1 atom stereocenters. The third-order valence-corrected chi connectivity index (χ3v) is 3.75. The first-order valence-corrected chi connectivity index (χ1v) is 6.64. The Morgan fingerprint density at radius 1 is 1.42 bits per heavy atom. The highest BCUT2D eigenvalue weighted by Gasteiger charge is 2.29. The highest BCUT2D eigenvalue weighted by Crippen LogP contribution is 2.22. The van der Waals surface area contributed by atoms with Gasteiger partial charge in [0.25, 0.3) is 0 Å². The van der Waals surface area contributed by atoms with Crippen LogP contribution in [0.2, 0.25) is 5.02 Å². The number of carboxylic acid groups (broad SMARTS) is 1. The average Bonchev–Trinajstić information content (AvgIpc) is 2.35. The summed E-state index contributed by atoms with van der Waals surface area (Å²) in [5, 5.41) is 9.51. The molecule has 0 bridgehead atoms. The first kappa shape index (κ1) is 14.0. The number of nitrogens with zero attached hydrogens (tertiary/aromatic N) is 1. The van der Waals surface area contributed by atoms with Crippen LogP contribution in [0.5, 0.6) is 0 Å². The minimum Gasteiger partial charge on any atom is -0.481 e. The summed E-state index contributed by atoms with van der Waals surface area (Å²) in [6, 6.07) is 7.58. The summed E-state index contributed by atoms with van der Waals surface area (Å²) in [5.74, 6) is -1.26. The van der Waals surface area contributed by atoms with E-state index < -0.39 is 11.9 Å². The number of benzene rings is 1. The molecule has 19 heavy (non-hydrogen) atoms. The Balaban J connectivity index is 2.00. The molecule has 0 spiro atoms. The first-order chi connectivity index (χ1) is 9.06. The predicted molar refractivity (Wildman–Crippen MR) is 72.1 cm³/mol. The normalized spacial score (nSPS) is 20.5. The Bertz CT molecular complexity index is 489. The summed E-state index contributed by atoms with van der Waals surface area (Å²) in [4.78, 5) is 24.5. The smallest absolute Gasteiger partial charge is 0.304 e. The van der Waals surface area contributed by atoms with E-state index in [1.54, 1.807) is 0 Å². The van der Waals surface area contributed by atoms with Crippen molar-refractivity contribution in [2.24, 2.45) is 5.92 Å². The van der Waals surface area contributed by atoms with Gasteiger partial charge in [-0.05, 0) is 11.6 Å². The zero-order valence-electron chi connectivity index (χ0n) is 10.5. The fraction of sp³-hybridized carbons (Fsp3) is 0.429. The van der Waals surface area contributed by atoms with Gasteiger partial charge in [-0.1, -0.05) is 29.8 Å². The predicted octanol–water partition coefficient (Wildman–Crippen LogP) is 2.21. The number of carboxylic acids is 1. The van der Waals surface area contributed by atoms with Crippen molar-refractivity contribution in [3.05, 3.63) is 34.9 Å². The maximum absolute atomic E-state index is 11.7. The molecule has 1 aromatic rings. The Morgan fingerprint density at radius 3 is 2.84 bits per heavy atom. The number of rotatable bonds is 4. The molecule has 0 saturated carbocycles. The number of Topliss-reactive ketones (excluding diaryl/α,β-unsaturated/α-hetero) is 1. The van der Waals surface area contributed by atoms with Gasteiger partial charge in [-0.2, -0.15) is 0 Å². The van der Waals surface area contributed by atoms with E-state index in [4.69, 9.17) is 16.7 Å². The van der Waals surface area contributed by atoms with E-state index in [1.807, 2.05) is 24.3 Å². The van der Waals surface area contributed by atoms with Crippen LogP contribution < -0.4 is 0 Å². The molecule has 102 valence electrons. The number of halogens is 1. The van der Waals surface area contributed by atoms with Crippen molar-refractivity contribution in [3.63, 3.8) is 0 Å². The number of hydrogen-bond acceptors (Lipinski definition) is 3. The van der Waals surface area contributed by atoms with E-state index >= 15 is 0 Å². The highest BCUT2D eigenvalue weighted by atomic mass is 35.5. The van der Waals surface area contributed by atoms with Crippen molar-refractivity contribution >= 4 is 23.4 Å². The second kappa shape index (κ2) is 6.17. The molecule has 0 aromatic heterocycles. The Hall–Kier alpha value is -1.39. The van der Waals surface area contributed by atoms with Gasteiger partial charge >= 0.3 is 5.97 Å². The Morgan fingerprint density at radius 2 is 2.16 bits per heavy atom. The largest absolute Gasteiger partial charge is 0.481 e. The van der Waals surface area contributed by atoms with Crippen molar-refractivity contribution in [3.8, 4) is 0 Å². The number of aliphatic carboxylic acids is 1. The molecule has 1 aliphatic rings. The van der Waals surface area contributed by atoms with Crippen LogP contribution in [0.15, 0.2) is 24.3 Å². The van der Waals surface area contributed by atoms with Crippen LogP contribution in [0.4, 0.5) is 0 Å². The van der Waals surface area contributed by atoms with Crippen LogP contribution >= 0.6 is 11.6 Å². The fourth-order valence-corrected chi connectivity index (χ4v) is 2.57. The van der Waals surface area contributed by atoms with E-state index in [2.05, 4.69) is 4.90 Å². The van der Waals surface area contributed by atoms with Crippen LogP contribution in [0.25, 0.3) is 0 Å². The van der Waals surface area contributed by atoms with Crippen molar-refractivity contribution in [2.45, 2.75) is 19.4 Å². The molecule has 1 fully saturated rings. The summed E-state index contributed by atoms with van der Waals surface area (Å²) in [6.07, 6.45) is 0.334. The lowest BCUT2D eigenvalue weighted by atomic mass is 9.93. The van der Waals surface area contributed by atoms with Crippen LogP contribution in [-0.2, 0) is 16.1 Å². The summed E-state index contributed by atoms with van der Waals surface area (Å²) < 4.78 is 0. The van der Waals surface area contributed by atoms with Gasteiger partial charge in [0.15, 0.2) is 0 Å². The molecule has 1 saturated heterocycles. The molecule has 5 heteroatoms. The van der Waals surface area contributed by atoms with Crippen molar-refractivity contribution in [1.82, 2.24) is 4.90 Å². The fourth-order valence-electron chi connectivity index (χ4n) is 2.38. The third-order valence-electron chi connectivity index (χ3n) is 3.38. The molecule has 2 rings (SSSR count). The minimum absolute atomic E-state index is 0.0535. The second-order valence-corrected chi connectivity index (χ2v) is 5.24. The maximum Gasteiger partial charge on any atom is 0.304 e. The number of carbonyl (C=O) groups excluding carboxylic acids is 1. The van der Waals surface area contributed by atoms with E-state index in [-0.39, 0.29) is 12.2 Å². The number of carbonyl (C=O) groups is 2. The quantitative estimate of drug-likeness (QED) is 0.919. The minimum atomic E-state index is -0.919. The number of ketones is 1. The lowest BCUT2D eigenvalue weighted by Gasteiger charge is -2.31. The van der Waals surface area contributed by atoms with E-state index in [0.29, 0.717) is 31.1 Å². The first-order valence-electron chi connectivity index (χ1n) is 6.26. The number of likely N-dealkylation sites (tertiary alicyclic amines) is 1. The van der Waals surface area contributed by atoms with Gasteiger partial charge in [0.1, 0.15) is 5.78 Å². The van der Waals surface area contributed by atoms with E-state index in [0.717, 1.165) is 5.56 Å². The zero-order chi connectivity index (χ0) is 13.8. The van der Waals surface area contributed by atoms with Crippen molar-refractivity contribution in [1.29, 1.82) is 0 Å². The Labute approximate surface area is 117 Å². The van der Waals surface area contributed by atoms with Gasteiger partial charge in [0, 0.05) is 37.0 Å². The molecule has 1 aromatic carbocycles. The van der Waals surface area contributed by atoms with Crippen LogP contribution in [0.3, 0.4) is 0 Å². The lowest BCUT2D eigenvalue weighted by molar-refractivity contribution is -0.142. The summed E-state index contributed by atoms with van der Waals surface area (Å²) >= 11 is 6.11. The molecule has 1 aliphatic heterocycles. The number of hydrogen-bond donors (Lipinski definition) is 1. The van der Waals surface area contributed by atoms with Gasteiger partial charge in [-0.3, -0.25) is 14.5 Å². The van der Waals surface area contributed by atoms with Crippen LogP contribution in [0.1, 0.15) is 18.4 Å². The average molecular weight is 282 g/mol. The lowest BCUT2D eigenvalue weighted by Crippen LogP contribution is -2.41. The second-order valence-electron chi connectivity index (χ2n) is 4.84. The van der Waals surface area contributed by atoms with Gasteiger partial charge in [0.2, 0.25) is 0 Å². The molecule has 0 aliphatic carbocycles. The molecule has 0 amide bonds. The standard InChI is InChI=1S/C14H16ClNO3/c15-12-4-2-1-3-10(12)8-16-6-5-13(17)11(9-16)7-14(18)19/h1-4,11H,5-9H2,(H,18,19). The molecular weight excluding hydrogens is 266 g/mol. The molecular formula is C14H16ClNO3. The topological polar surface area (TPSA) is 57.6 Å². The summed E-state index contributed by atoms with van der Waals surface area (Å²) in [7, 11) is 0. The van der Waals surface area contributed by atoms with Crippen molar-refractivity contribution < 1.29 is 14.7 Å². The summed E-state index contributed by atoms with van der Waals surface area (Å²) in [5.41, 5.74) is 1.01. The van der Waals surface area contributed by atoms with Crippen molar-refractivity contribution in [2.75, 3.05) is 13.1 Å². The number of piperidine rings is 1. The van der Waals surface area contributed by atoms with Gasteiger partial charge in [-0.25, -0.2) is 0 Å². The zero-order valence-corrected chi connectivity index (χ0v) is 11.3. The SMILES string of the molecule is O=C(O)CC1CN(Cc2ccccc2Cl)CCC1=O. The molecule has 0 radical (unpaired) electrons. The van der Waals surface area contributed by atoms with E-state index in [1.165, 1.54) is 0 Å². The molecule has 4 nitrogen and oxygen atoms in total. The maximum atomic E-state index is 11.7. The van der Waals surface area contributed by atoms with Gasteiger partial charge in [0.05, 0.1) is 6.42 Å². The van der Waals surface area contributed by atoms with Gasteiger partial charge in [-0.15, -0.1) is 0 Å². The van der Waals surface area contributed by atoms with Gasteiger partial charge < -0.3 is 5.11 Å². The molecule has 1 unspecified atom stereocenters. The monoisotopic (exact) mass is 281 g/mol. The third kappa shape index (κ3) is 3.78. The van der Waals surface area contributed by atoms with Crippen LogP contribution in [-0.4, -0.2) is 34.8 Å². The molecule has 1 heterocycles. The Kier molecular flexibility index (Phi) is 4.56. The van der Waals surface area contributed by atoms with Crippen LogP contribution in [0, 0.1) is 5.92 Å².